The van der Waals surface area contributed by atoms with Gasteiger partial charge in [0, 0.05) is 25.6 Å². The molecule has 4 nitrogen and oxygen atoms in total. The van der Waals surface area contributed by atoms with Crippen LogP contribution in [-0.4, -0.2) is 36.3 Å². The van der Waals surface area contributed by atoms with Crippen LogP contribution in [0.4, 0.5) is 8.78 Å². The molecule has 1 aliphatic rings. The van der Waals surface area contributed by atoms with Gasteiger partial charge < -0.3 is 10.2 Å². The van der Waals surface area contributed by atoms with Gasteiger partial charge in [0.2, 0.25) is 11.8 Å². The van der Waals surface area contributed by atoms with E-state index < -0.39 is 0 Å². The Morgan fingerprint density at radius 2 is 1.68 bits per heavy atom. The number of rotatable bonds is 6. The molecule has 1 aliphatic heterocycles. The van der Waals surface area contributed by atoms with Crippen molar-refractivity contribution in [2.24, 2.45) is 5.92 Å². The number of amides is 2. The van der Waals surface area contributed by atoms with Gasteiger partial charge in [0.1, 0.15) is 11.6 Å². The van der Waals surface area contributed by atoms with Gasteiger partial charge in [0.25, 0.3) is 0 Å². The fourth-order valence-electron chi connectivity index (χ4n) is 3.43. The fraction of sp³-hybridized carbons (Fsp3) is 0.364. The van der Waals surface area contributed by atoms with Gasteiger partial charge in [-0.2, -0.15) is 0 Å². The minimum absolute atomic E-state index is 0.0108. The summed E-state index contributed by atoms with van der Waals surface area (Å²) in [5, 5.41) is 2.92. The number of nitrogens with zero attached hydrogens (tertiary/aromatic N) is 1. The second-order valence-corrected chi connectivity index (χ2v) is 7.09. The number of benzene rings is 2. The van der Waals surface area contributed by atoms with Crippen molar-refractivity contribution in [3.63, 3.8) is 0 Å². The van der Waals surface area contributed by atoms with Crippen molar-refractivity contribution in [3.8, 4) is 0 Å². The summed E-state index contributed by atoms with van der Waals surface area (Å²) in [5.74, 6) is -0.885. The van der Waals surface area contributed by atoms with E-state index in [-0.39, 0.29) is 35.8 Å². The summed E-state index contributed by atoms with van der Waals surface area (Å²) in [7, 11) is 0. The molecule has 2 amide bonds. The highest BCUT2D eigenvalue weighted by Crippen LogP contribution is 2.19. The summed E-state index contributed by atoms with van der Waals surface area (Å²) in [4.78, 5) is 26.4. The molecule has 0 aromatic heterocycles. The van der Waals surface area contributed by atoms with E-state index in [1.165, 1.54) is 18.2 Å². The van der Waals surface area contributed by atoms with Crippen molar-refractivity contribution in [3.05, 3.63) is 71.3 Å². The number of hydrogen-bond acceptors (Lipinski definition) is 2. The van der Waals surface area contributed by atoms with Crippen LogP contribution in [0.1, 0.15) is 24.0 Å². The van der Waals surface area contributed by atoms with Crippen molar-refractivity contribution in [2.75, 3.05) is 19.6 Å². The molecule has 1 saturated heterocycles. The SMILES string of the molecule is O=C(NCCc1ccc(F)cc1)C1CCN(C(=O)Cc2ccccc2F)CC1. The molecule has 2 aromatic rings. The molecule has 148 valence electrons. The summed E-state index contributed by atoms with van der Waals surface area (Å²) >= 11 is 0. The average molecular weight is 386 g/mol. The molecule has 0 radical (unpaired) electrons. The Morgan fingerprint density at radius 3 is 2.36 bits per heavy atom. The van der Waals surface area contributed by atoms with Gasteiger partial charge >= 0.3 is 0 Å². The van der Waals surface area contributed by atoms with Gasteiger partial charge in [-0.3, -0.25) is 9.59 Å². The third-order valence-electron chi connectivity index (χ3n) is 5.14. The molecule has 28 heavy (non-hydrogen) atoms. The molecule has 0 aliphatic carbocycles. The first kappa shape index (κ1) is 20.0. The molecule has 1 fully saturated rings. The van der Waals surface area contributed by atoms with Gasteiger partial charge in [-0.15, -0.1) is 0 Å². The fourth-order valence-corrected chi connectivity index (χ4v) is 3.43. The van der Waals surface area contributed by atoms with Crippen molar-refractivity contribution < 1.29 is 18.4 Å². The molecular weight excluding hydrogens is 362 g/mol. The Morgan fingerprint density at radius 1 is 1.00 bits per heavy atom. The van der Waals surface area contributed by atoms with E-state index in [9.17, 15) is 18.4 Å². The lowest BCUT2D eigenvalue weighted by Gasteiger charge is -2.31. The minimum atomic E-state index is -0.369. The van der Waals surface area contributed by atoms with E-state index >= 15 is 0 Å². The average Bonchev–Trinajstić information content (AvgIpc) is 2.71. The van der Waals surface area contributed by atoms with Crippen LogP contribution >= 0.6 is 0 Å². The topological polar surface area (TPSA) is 49.4 Å². The molecule has 0 saturated carbocycles. The first-order valence-corrected chi connectivity index (χ1v) is 9.56. The van der Waals surface area contributed by atoms with Crippen LogP contribution in [0.15, 0.2) is 48.5 Å². The second-order valence-electron chi connectivity index (χ2n) is 7.09. The smallest absolute Gasteiger partial charge is 0.227 e. The van der Waals surface area contributed by atoms with Crippen molar-refractivity contribution in [2.45, 2.75) is 25.7 Å². The van der Waals surface area contributed by atoms with Gasteiger partial charge in [-0.25, -0.2) is 8.78 Å². The summed E-state index contributed by atoms with van der Waals surface area (Å²) in [5.41, 5.74) is 1.36. The first-order valence-electron chi connectivity index (χ1n) is 9.56. The zero-order valence-corrected chi connectivity index (χ0v) is 15.7. The maximum atomic E-state index is 13.7. The quantitative estimate of drug-likeness (QED) is 0.829. The molecule has 1 heterocycles. The molecule has 0 unspecified atom stereocenters. The number of hydrogen-bond donors (Lipinski definition) is 1. The van der Waals surface area contributed by atoms with Gasteiger partial charge in [0.15, 0.2) is 0 Å². The van der Waals surface area contributed by atoms with Crippen molar-refractivity contribution in [1.29, 1.82) is 0 Å². The highest BCUT2D eigenvalue weighted by atomic mass is 19.1. The largest absolute Gasteiger partial charge is 0.356 e. The van der Waals surface area contributed by atoms with Crippen LogP contribution in [0.25, 0.3) is 0 Å². The lowest BCUT2D eigenvalue weighted by Crippen LogP contribution is -2.43. The third kappa shape index (κ3) is 5.38. The van der Waals surface area contributed by atoms with E-state index in [1.807, 2.05) is 0 Å². The lowest BCUT2D eigenvalue weighted by atomic mass is 9.95. The zero-order chi connectivity index (χ0) is 19.9. The number of piperidine rings is 1. The Hall–Kier alpha value is -2.76. The molecule has 3 rings (SSSR count). The van der Waals surface area contributed by atoms with Gasteiger partial charge in [0.05, 0.1) is 6.42 Å². The molecule has 0 bridgehead atoms. The van der Waals surface area contributed by atoms with E-state index in [1.54, 1.807) is 35.2 Å². The molecular formula is C22H24F2N2O2. The summed E-state index contributed by atoms with van der Waals surface area (Å²) < 4.78 is 26.6. The van der Waals surface area contributed by atoms with Gasteiger partial charge in [-0.1, -0.05) is 30.3 Å². The minimum Gasteiger partial charge on any atom is -0.356 e. The van der Waals surface area contributed by atoms with E-state index in [0.29, 0.717) is 44.5 Å². The van der Waals surface area contributed by atoms with Crippen LogP contribution in [0.3, 0.4) is 0 Å². The molecule has 0 atom stereocenters. The first-order chi connectivity index (χ1) is 13.5. The maximum Gasteiger partial charge on any atom is 0.227 e. The number of carbonyl (C=O) groups is 2. The monoisotopic (exact) mass is 386 g/mol. The van der Waals surface area contributed by atoms with Crippen LogP contribution in [-0.2, 0) is 22.4 Å². The van der Waals surface area contributed by atoms with Crippen LogP contribution in [0, 0.1) is 17.6 Å². The third-order valence-corrected chi connectivity index (χ3v) is 5.14. The van der Waals surface area contributed by atoms with E-state index in [2.05, 4.69) is 5.32 Å². The Labute approximate surface area is 163 Å². The van der Waals surface area contributed by atoms with Crippen molar-refractivity contribution in [1.82, 2.24) is 10.2 Å². The summed E-state index contributed by atoms with van der Waals surface area (Å²) in [6.45, 7) is 1.50. The predicted molar refractivity (Wildman–Crippen MR) is 103 cm³/mol. The summed E-state index contributed by atoms with van der Waals surface area (Å²) in [6, 6.07) is 12.5. The number of likely N-dealkylation sites (tertiary alicyclic amines) is 1. The molecule has 2 aromatic carbocycles. The van der Waals surface area contributed by atoms with E-state index in [0.717, 1.165) is 5.56 Å². The normalized spacial score (nSPS) is 14.7. The van der Waals surface area contributed by atoms with Crippen LogP contribution in [0.5, 0.6) is 0 Å². The number of halogens is 2. The predicted octanol–water partition coefficient (Wildman–Crippen LogP) is 3.10. The Kier molecular flexibility index (Phi) is 6.74. The number of carbonyl (C=O) groups excluding carboxylic acids is 2. The lowest BCUT2D eigenvalue weighted by molar-refractivity contribution is -0.135. The zero-order valence-electron chi connectivity index (χ0n) is 15.7. The summed E-state index contributed by atoms with van der Waals surface area (Å²) in [6.07, 6.45) is 1.89. The molecule has 6 heteroatoms. The van der Waals surface area contributed by atoms with Gasteiger partial charge in [-0.05, 0) is 48.6 Å². The van der Waals surface area contributed by atoms with E-state index in [4.69, 9.17) is 0 Å². The van der Waals surface area contributed by atoms with Crippen LogP contribution < -0.4 is 5.32 Å². The van der Waals surface area contributed by atoms with Crippen molar-refractivity contribution >= 4 is 11.8 Å². The standard InChI is InChI=1S/C22H24F2N2O2/c23-19-7-5-16(6-8-19)9-12-25-22(28)17-10-13-26(14-11-17)21(27)15-18-3-1-2-4-20(18)24/h1-8,17H,9-15H2,(H,25,28). The molecule has 0 spiro atoms. The Balaban J connectivity index is 1.40. The Bertz CT molecular complexity index is 816. The maximum absolute atomic E-state index is 13.7. The number of nitrogens with one attached hydrogen (secondary N) is 1. The van der Waals surface area contributed by atoms with Crippen LogP contribution in [0.2, 0.25) is 0 Å². The highest BCUT2D eigenvalue weighted by molar-refractivity contribution is 5.81. The highest BCUT2D eigenvalue weighted by Gasteiger charge is 2.27. The molecule has 1 N–H and O–H groups in total. The second kappa shape index (κ2) is 9.44.